The number of allylic oxidation sites excluding steroid dienone is 6. The van der Waals surface area contributed by atoms with E-state index in [1.165, 1.54) is 0 Å². The third-order valence-corrected chi connectivity index (χ3v) is 8.55. The van der Waals surface area contributed by atoms with E-state index in [0.717, 1.165) is 34.4 Å². The van der Waals surface area contributed by atoms with Crippen LogP contribution in [-0.4, -0.2) is 47.4 Å². The molecular weight excluding hydrogens is 600 g/mol. The highest BCUT2D eigenvalue weighted by Gasteiger charge is 2.48. The molecule has 1 spiro atoms. The quantitative estimate of drug-likeness (QED) is 0.531. The summed E-state index contributed by atoms with van der Waals surface area (Å²) >= 11 is 6.86. The Morgan fingerprint density at radius 1 is 1.11 bits per heavy atom. The average Bonchev–Trinajstić information content (AvgIpc) is 3.25. The number of halogens is 2. The van der Waals surface area contributed by atoms with E-state index in [-0.39, 0.29) is 24.0 Å². The molecule has 0 radical (unpaired) electrons. The van der Waals surface area contributed by atoms with Gasteiger partial charge in [-0.15, -0.1) is 0 Å². The molecule has 0 atom stereocenters. The van der Waals surface area contributed by atoms with Crippen molar-refractivity contribution in [3.63, 3.8) is 0 Å². The van der Waals surface area contributed by atoms with Crippen molar-refractivity contribution in [1.82, 2.24) is 15.2 Å². The summed E-state index contributed by atoms with van der Waals surface area (Å²) in [6.45, 7) is 1.77. The minimum atomic E-state index is -0.635. The normalized spacial score (nSPS) is 19.5. The zero-order valence-electron chi connectivity index (χ0n) is 19.9. The summed E-state index contributed by atoms with van der Waals surface area (Å²) in [6, 6.07) is 10.0. The summed E-state index contributed by atoms with van der Waals surface area (Å²) < 4.78 is 2.71. The number of nitrogens with one attached hydrogen (secondary N) is 2. The molecule has 4 aliphatic rings. The van der Waals surface area contributed by atoms with Crippen LogP contribution in [0.1, 0.15) is 33.6 Å². The maximum absolute atomic E-state index is 13.9. The Kier molecular flexibility index (Phi) is 6.15. The van der Waals surface area contributed by atoms with E-state index in [0.29, 0.717) is 52.8 Å². The van der Waals surface area contributed by atoms with E-state index in [9.17, 15) is 14.4 Å². The van der Waals surface area contributed by atoms with Gasteiger partial charge in [0.15, 0.2) is 0 Å². The Hall–Kier alpha value is -3.04. The second kappa shape index (κ2) is 9.36. The van der Waals surface area contributed by atoms with Crippen LogP contribution in [-0.2, 0) is 29.0 Å². The molecule has 0 fully saturated rings. The molecule has 2 aliphatic heterocycles. The topological polar surface area (TPSA) is 92.6 Å². The van der Waals surface area contributed by atoms with Gasteiger partial charge in [0.05, 0.1) is 20.4 Å². The number of benzene rings is 1. The minimum absolute atomic E-state index is 0.0648. The first-order chi connectivity index (χ1) is 17.9. The van der Waals surface area contributed by atoms with E-state index in [1.807, 2.05) is 48.7 Å². The zero-order valence-corrected chi connectivity index (χ0v) is 23.1. The van der Waals surface area contributed by atoms with Gasteiger partial charge < -0.3 is 15.2 Å². The van der Waals surface area contributed by atoms with Crippen LogP contribution in [0.15, 0.2) is 73.9 Å². The molecule has 2 aliphatic carbocycles. The van der Waals surface area contributed by atoms with Gasteiger partial charge in [0, 0.05) is 42.4 Å². The number of Topliss-reactive ketones (excluding diaryl/α,β-unsaturated/α-hetero) is 2. The van der Waals surface area contributed by atoms with E-state index in [1.54, 1.807) is 4.57 Å². The molecule has 37 heavy (non-hydrogen) atoms. The number of aromatic nitrogens is 1. The van der Waals surface area contributed by atoms with Gasteiger partial charge in [-0.1, -0.05) is 42.5 Å². The molecule has 6 rings (SSSR count). The summed E-state index contributed by atoms with van der Waals surface area (Å²) in [5.41, 5.74) is 4.96. The molecule has 0 saturated carbocycles. The van der Waals surface area contributed by atoms with E-state index in [2.05, 4.69) is 42.5 Å². The smallest absolute Gasteiger partial charge is 0.239 e. The molecule has 0 bridgehead atoms. The van der Waals surface area contributed by atoms with Crippen LogP contribution < -0.4 is 10.6 Å². The zero-order chi connectivity index (χ0) is 25.7. The fraction of sp³-hybridized carbons (Fsp3) is 0.286. The lowest BCUT2D eigenvalue weighted by Crippen LogP contribution is -2.45. The Morgan fingerprint density at radius 3 is 2.62 bits per heavy atom. The van der Waals surface area contributed by atoms with Crippen LogP contribution in [0, 0.1) is 5.41 Å². The van der Waals surface area contributed by atoms with Gasteiger partial charge >= 0.3 is 0 Å². The lowest BCUT2D eigenvalue weighted by molar-refractivity contribution is -0.121. The van der Waals surface area contributed by atoms with Gasteiger partial charge in [0.25, 0.3) is 0 Å². The van der Waals surface area contributed by atoms with Crippen LogP contribution in [0.25, 0.3) is 0 Å². The van der Waals surface area contributed by atoms with Crippen molar-refractivity contribution in [2.24, 2.45) is 10.4 Å². The largest absolute Gasteiger partial charge is 0.381 e. The van der Waals surface area contributed by atoms with Crippen molar-refractivity contribution in [3.05, 3.63) is 91.3 Å². The van der Waals surface area contributed by atoms with E-state index >= 15 is 0 Å². The minimum Gasteiger partial charge on any atom is -0.381 e. The number of carbonyl (C=O) groups excluding carboxylic acids is 3. The molecule has 3 heterocycles. The number of amides is 1. The van der Waals surface area contributed by atoms with Crippen molar-refractivity contribution in [2.45, 2.75) is 25.8 Å². The van der Waals surface area contributed by atoms with Gasteiger partial charge in [-0.05, 0) is 62.2 Å². The molecule has 1 amide bonds. The Morgan fingerprint density at radius 2 is 1.86 bits per heavy atom. The molecular formula is C28H24Br2N4O3. The Labute approximate surface area is 231 Å². The van der Waals surface area contributed by atoms with Crippen LogP contribution >= 0.6 is 31.9 Å². The number of nitrogens with zero attached hydrogens (tertiary/aromatic N) is 2. The third kappa shape index (κ3) is 4.08. The average molecular weight is 624 g/mol. The van der Waals surface area contributed by atoms with E-state index in [4.69, 9.17) is 4.99 Å². The predicted octanol–water partition coefficient (Wildman–Crippen LogP) is 3.76. The highest BCUT2D eigenvalue weighted by atomic mass is 79.9. The second-order valence-corrected chi connectivity index (χ2v) is 11.4. The van der Waals surface area contributed by atoms with Crippen LogP contribution in [0.3, 0.4) is 0 Å². The highest BCUT2D eigenvalue weighted by Crippen LogP contribution is 2.49. The number of carbonyl (C=O) groups is 3. The first kappa shape index (κ1) is 24.3. The lowest BCUT2D eigenvalue weighted by atomic mass is 9.66. The predicted molar refractivity (Wildman–Crippen MR) is 148 cm³/mol. The molecule has 188 valence electrons. The summed E-state index contributed by atoms with van der Waals surface area (Å²) in [7, 11) is 0. The Balaban J connectivity index is 1.33. The summed E-state index contributed by atoms with van der Waals surface area (Å²) in [4.78, 5) is 44.1. The van der Waals surface area contributed by atoms with Gasteiger partial charge in [0.1, 0.15) is 12.2 Å². The lowest BCUT2D eigenvalue weighted by Gasteiger charge is -2.41. The summed E-state index contributed by atoms with van der Waals surface area (Å²) in [6.07, 6.45) is 7.88. The van der Waals surface area contributed by atoms with Crippen molar-refractivity contribution in [3.8, 4) is 0 Å². The molecule has 0 unspecified atom stereocenters. The van der Waals surface area contributed by atoms with E-state index < -0.39 is 5.41 Å². The molecule has 1 aromatic heterocycles. The standard InChI is InChI=1S/C28H24Br2N4O3/c29-18-12-28(13-19(30)26(18)36)8-11-33-24-22(28)23-21-17(7-10-32-23)14-34(25(21)27(24)37)15-20(35)31-9-6-16-4-2-1-3-5-16/h1-5,12-14,33H,6-11,15H2,(H,31,35). The molecule has 1 aromatic carbocycles. The van der Waals surface area contributed by atoms with Crippen LogP contribution in [0.5, 0.6) is 0 Å². The van der Waals surface area contributed by atoms with Crippen LogP contribution in [0.2, 0.25) is 0 Å². The Bertz CT molecular complexity index is 1460. The van der Waals surface area contributed by atoms with Gasteiger partial charge in [-0.3, -0.25) is 19.4 Å². The molecule has 2 aromatic rings. The first-order valence-electron chi connectivity index (χ1n) is 12.3. The number of ketones is 2. The first-order valence-corrected chi connectivity index (χ1v) is 13.9. The second-order valence-electron chi connectivity index (χ2n) is 9.68. The summed E-state index contributed by atoms with van der Waals surface area (Å²) in [5.74, 6) is -0.396. The molecule has 7 nitrogen and oxygen atoms in total. The fourth-order valence-corrected chi connectivity index (χ4v) is 7.24. The van der Waals surface area contributed by atoms with Crippen molar-refractivity contribution >= 4 is 55.0 Å². The van der Waals surface area contributed by atoms with Gasteiger partial charge in [-0.25, -0.2) is 0 Å². The number of fused-ring (bicyclic) bond motifs is 2. The highest BCUT2D eigenvalue weighted by molar-refractivity contribution is 9.13. The van der Waals surface area contributed by atoms with Crippen LogP contribution in [0.4, 0.5) is 0 Å². The molecule has 2 N–H and O–H groups in total. The molecule has 9 heteroatoms. The fourth-order valence-electron chi connectivity index (χ4n) is 5.73. The number of hydrogen-bond donors (Lipinski definition) is 2. The number of hydrogen-bond acceptors (Lipinski definition) is 5. The number of aliphatic imine (C=N–C) groups is 1. The van der Waals surface area contributed by atoms with Gasteiger partial charge in [0.2, 0.25) is 17.5 Å². The maximum Gasteiger partial charge on any atom is 0.239 e. The van der Waals surface area contributed by atoms with Crippen molar-refractivity contribution < 1.29 is 14.4 Å². The molecule has 0 saturated heterocycles. The SMILES string of the molecule is O=C(Cn1cc2c3c1C(=O)C1=C(C3=NCC2)C2(C=C(Br)C(=O)C(Br)=C2)CCN1)NCCc1ccccc1. The monoisotopic (exact) mass is 622 g/mol. The third-order valence-electron chi connectivity index (χ3n) is 7.37. The van der Waals surface area contributed by atoms with Crippen molar-refractivity contribution in [1.29, 1.82) is 0 Å². The maximum atomic E-state index is 13.9. The van der Waals surface area contributed by atoms with Gasteiger partial charge in [-0.2, -0.15) is 0 Å². The van der Waals surface area contributed by atoms with Crippen molar-refractivity contribution in [2.75, 3.05) is 19.6 Å². The summed E-state index contributed by atoms with van der Waals surface area (Å²) in [5, 5.41) is 6.30. The number of rotatable bonds is 5.